The fourth-order valence-electron chi connectivity index (χ4n) is 2.82. The van der Waals surface area contributed by atoms with Gasteiger partial charge in [0.2, 0.25) is 0 Å². The molecule has 1 fully saturated rings. The van der Waals surface area contributed by atoms with Crippen LogP contribution in [0.5, 0.6) is 0 Å². The number of nitrogens with one attached hydrogen (secondary N) is 1. The van der Waals surface area contributed by atoms with Crippen molar-refractivity contribution in [1.82, 2.24) is 4.90 Å². The van der Waals surface area contributed by atoms with Gasteiger partial charge in [-0.2, -0.15) is 5.26 Å². The number of nitriles is 1. The van der Waals surface area contributed by atoms with E-state index in [1.807, 2.05) is 5.40 Å². The van der Waals surface area contributed by atoms with Crippen molar-refractivity contribution < 1.29 is 9.59 Å². The molecular formula is C16H19N3O2S. The third-order valence-electron chi connectivity index (χ3n) is 3.63. The molecular weight excluding hydrogens is 298 g/mol. The normalized spacial score (nSPS) is 21.0. The van der Waals surface area contributed by atoms with Gasteiger partial charge in [-0.05, 0) is 54.3 Å². The van der Waals surface area contributed by atoms with Crippen molar-refractivity contribution >= 4 is 29.3 Å². The molecule has 1 N–H and O–H groups in total. The minimum absolute atomic E-state index is 0.419. The zero-order chi connectivity index (χ0) is 16.1. The summed E-state index contributed by atoms with van der Waals surface area (Å²) < 4.78 is 0. The van der Waals surface area contributed by atoms with Crippen molar-refractivity contribution in [2.24, 2.45) is 11.8 Å². The number of nitrogens with zero attached hydrogens (tertiary/aromatic N) is 2. The lowest BCUT2D eigenvalue weighted by Crippen LogP contribution is -2.47. The van der Waals surface area contributed by atoms with Gasteiger partial charge >= 0.3 is 11.8 Å². The van der Waals surface area contributed by atoms with E-state index in [-0.39, 0.29) is 0 Å². The molecule has 0 bridgehead atoms. The molecule has 2 atom stereocenters. The first-order chi connectivity index (χ1) is 10.5. The molecule has 22 heavy (non-hydrogen) atoms. The van der Waals surface area contributed by atoms with Crippen LogP contribution in [0.4, 0.5) is 5.69 Å². The number of thiocyanates is 1. The summed E-state index contributed by atoms with van der Waals surface area (Å²) in [5.41, 5.74) is 0.554. The zero-order valence-corrected chi connectivity index (χ0v) is 13.5. The third-order valence-corrected chi connectivity index (χ3v) is 4.23. The summed E-state index contributed by atoms with van der Waals surface area (Å²) >= 11 is 1.05. The second-order valence-electron chi connectivity index (χ2n) is 5.83. The summed E-state index contributed by atoms with van der Waals surface area (Å²) in [4.78, 5) is 26.7. The van der Waals surface area contributed by atoms with Gasteiger partial charge in [0.05, 0.1) is 0 Å². The van der Waals surface area contributed by atoms with E-state index in [9.17, 15) is 9.59 Å². The minimum Gasteiger partial charge on any atom is -0.334 e. The van der Waals surface area contributed by atoms with Crippen LogP contribution in [-0.2, 0) is 9.59 Å². The molecule has 0 saturated carbocycles. The molecule has 1 heterocycles. The average Bonchev–Trinajstić information content (AvgIpc) is 2.47. The summed E-state index contributed by atoms with van der Waals surface area (Å²) in [5, 5.41) is 13.2. The van der Waals surface area contributed by atoms with E-state index in [4.69, 9.17) is 5.26 Å². The van der Waals surface area contributed by atoms with E-state index < -0.39 is 11.8 Å². The van der Waals surface area contributed by atoms with Gasteiger partial charge in [-0.1, -0.05) is 13.8 Å². The van der Waals surface area contributed by atoms with Gasteiger partial charge in [0, 0.05) is 23.7 Å². The number of hydrogen-bond acceptors (Lipinski definition) is 4. The number of piperidine rings is 1. The maximum Gasteiger partial charge on any atom is 0.313 e. The number of hydrogen-bond donors (Lipinski definition) is 1. The fraction of sp³-hybridized carbons (Fsp3) is 0.438. The van der Waals surface area contributed by atoms with Gasteiger partial charge in [-0.25, -0.2) is 0 Å². The Morgan fingerprint density at radius 3 is 2.36 bits per heavy atom. The SMILES string of the molecule is CC1CC(C)CN(C(=O)C(=O)Nc2ccc(SC#N)cc2)C1. The Morgan fingerprint density at radius 1 is 1.23 bits per heavy atom. The van der Waals surface area contributed by atoms with Crippen molar-refractivity contribution in [3.05, 3.63) is 24.3 Å². The highest BCUT2D eigenvalue weighted by molar-refractivity contribution is 8.03. The number of thioether (sulfide) groups is 1. The van der Waals surface area contributed by atoms with Crippen molar-refractivity contribution in [3.63, 3.8) is 0 Å². The summed E-state index contributed by atoms with van der Waals surface area (Å²) in [5.74, 6) is -0.249. The largest absolute Gasteiger partial charge is 0.334 e. The van der Waals surface area contributed by atoms with Crippen LogP contribution in [0.15, 0.2) is 29.2 Å². The number of rotatable bonds is 2. The van der Waals surface area contributed by atoms with E-state index in [0.29, 0.717) is 30.6 Å². The molecule has 1 saturated heterocycles. The molecule has 2 unspecified atom stereocenters. The molecule has 1 aliphatic rings. The highest BCUT2D eigenvalue weighted by Gasteiger charge is 2.29. The highest BCUT2D eigenvalue weighted by atomic mass is 32.2. The zero-order valence-electron chi connectivity index (χ0n) is 12.7. The van der Waals surface area contributed by atoms with E-state index >= 15 is 0 Å². The quantitative estimate of drug-likeness (QED) is 0.517. The first kappa shape index (κ1) is 16.4. The molecule has 1 aliphatic heterocycles. The number of carbonyl (C=O) groups is 2. The first-order valence-electron chi connectivity index (χ1n) is 7.26. The second-order valence-corrected chi connectivity index (χ2v) is 6.69. The van der Waals surface area contributed by atoms with E-state index in [0.717, 1.165) is 23.1 Å². The Hall–Kier alpha value is -2.00. The predicted molar refractivity (Wildman–Crippen MR) is 86.1 cm³/mol. The maximum atomic E-state index is 12.2. The lowest BCUT2D eigenvalue weighted by Gasteiger charge is -2.34. The summed E-state index contributed by atoms with van der Waals surface area (Å²) in [6.45, 7) is 5.46. The molecule has 1 aromatic rings. The third kappa shape index (κ3) is 4.25. The number of carbonyl (C=O) groups excluding carboxylic acids is 2. The molecule has 116 valence electrons. The van der Waals surface area contributed by atoms with Crippen molar-refractivity contribution in [3.8, 4) is 5.40 Å². The van der Waals surface area contributed by atoms with E-state index in [1.54, 1.807) is 29.2 Å². The van der Waals surface area contributed by atoms with Crippen LogP contribution < -0.4 is 5.32 Å². The first-order valence-corrected chi connectivity index (χ1v) is 8.07. The molecule has 5 nitrogen and oxygen atoms in total. The number of amides is 2. The summed E-state index contributed by atoms with van der Waals surface area (Å²) in [6.07, 6.45) is 1.09. The van der Waals surface area contributed by atoms with Gasteiger partial charge < -0.3 is 10.2 Å². The van der Waals surface area contributed by atoms with Gasteiger partial charge in [0.15, 0.2) is 0 Å². The Bertz CT molecular complexity index is 584. The Morgan fingerprint density at radius 2 is 1.82 bits per heavy atom. The Labute approximate surface area is 134 Å². The summed E-state index contributed by atoms with van der Waals surface area (Å²) in [7, 11) is 0. The van der Waals surface area contributed by atoms with Crippen LogP contribution in [0.1, 0.15) is 20.3 Å². The van der Waals surface area contributed by atoms with E-state index in [1.165, 1.54) is 0 Å². The van der Waals surface area contributed by atoms with Crippen molar-refractivity contribution in [2.45, 2.75) is 25.2 Å². The van der Waals surface area contributed by atoms with Gasteiger partial charge in [-0.3, -0.25) is 9.59 Å². The Balaban J connectivity index is 1.96. The van der Waals surface area contributed by atoms with Gasteiger partial charge in [-0.15, -0.1) is 0 Å². The van der Waals surface area contributed by atoms with Crippen molar-refractivity contribution in [2.75, 3.05) is 18.4 Å². The van der Waals surface area contributed by atoms with Crippen LogP contribution in [-0.4, -0.2) is 29.8 Å². The monoisotopic (exact) mass is 317 g/mol. The standard InChI is InChI=1S/C16H19N3O2S/c1-11-7-12(2)9-19(8-11)16(21)15(20)18-13-3-5-14(6-4-13)22-10-17/h3-6,11-12H,7-9H2,1-2H3,(H,18,20). The fourth-order valence-corrected chi connectivity index (χ4v) is 3.19. The smallest absolute Gasteiger partial charge is 0.313 e. The van der Waals surface area contributed by atoms with Crippen molar-refractivity contribution in [1.29, 1.82) is 5.26 Å². The van der Waals surface area contributed by atoms with E-state index in [2.05, 4.69) is 19.2 Å². The van der Waals surface area contributed by atoms with Crippen LogP contribution in [0.25, 0.3) is 0 Å². The molecule has 6 heteroatoms. The number of anilines is 1. The molecule has 0 radical (unpaired) electrons. The summed E-state index contributed by atoms with van der Waals surface area (Å²) in [6, 6.07) is 6.84. The molecule has 0 aliphatic carbocycles. The van der Waals surface area contributed by atoms with Crippen LogP contribution >= 0.6 is 11.8 Å². The maximum absolute atomic E-state index is 12.2. The van der Waals surface area contributed by atoms with Gasteiger partial charge in [0.1, 0.15) is 5.40 Å². The molecule has 0 spiro atoms. The molecule has 1 aromatic carbocycles. The topological polar surface area (TPSA) is 73.2 Å². The number of likely N-dealkylation sites (tertiary alicyclic amines) is 1. The minimum atomic E-state index is -0.609. The lowest BCUT2D eigenvalue weighted by molar-refractivity contribution is -0.144. The molecule has 2 rings (SSSR count). The van der Waals surface area contributed by atoms with Gasteiger partial charge in [0.25, 0.3) is 0 Å². The average molecular weight is 317 g/mol. The van der Waals surface area contributed by atoms with Crippen LogP contribution in [0.3, 0.4) is 0 Å². The Kier molecular flexibility index (Phi) is 5.45. The number of benzene rings is 1. The predicted octanol–water partition coefficient (Wildman–Crippen LogP) is 2.70. The molecule has 0 aromatic heterocycles. The molecule has 2 amide bonds. The second kappa shape index (κ2) is 7.32. The van der Waals surface area contributed by atoms with Crippen LogP contribution in [0.2, 0.25) is 0 Å². The highest BCUT2D eigenvalue weighted by Crippen LogP contribution is 2.22. The lowest BCUT2D eigenvalue weighted by atomic mass is 9.92. The van der Waals surface area contributed by atoms with Crippen LogP contribution in [0, 0.1) is 22.5 Å².